The molecule has 1 fully saturated rings. The van der Waals surface area contributed by atoms with Gasteiger partial charge in [0.05, 0.1) is 28.6 Å². The van der Waals surface area contributed by atoms with Crippen LogP contribution in [-0.2, 0) is 9.53 Å². The third-order valence-corrected chi connectivity index (χ3v) is 4.69. The lowest BCUT2D eigenvalue weighted by Gasteiger charge is -2.29. The van der Waals surface area contributed by atoms with Gasteiger partial charge in [-0.2, -0.15) is 0 Å². The Labute approximate surface area is 123 Å². The molecule has 1 aliphatic heterocycles. The lowest BCUT2D eigenvalue weighted by atomic mass is 10.0. The van der Waals surface area contributed by atoms with Crippen LogP contribution in [0.1, 0.15) is 17.3 Å². The molecule has 2 heterocycles. The Morgan fingerprint density at radius 1 is 1.58 bits per heavy atom. The van der Waals surface area contributed by atoms with Crippen LogP contribution in [0.5, 0.6) is 0 Å². The number of carboxylic acids is 1. The van der Waals surface area contributed by atoms with E-state index in [2.05, 4.69) is 15.9 Å². The van der Waals surface area contributed by atoms with E-state index in [0.717, 1.165) is 3.79 Å². The van der Waals surface area contributed by atoms with Crippen molar-refractivity contribution in [2.24, 2.45) is 5.92 Å². The summed E-state index contributed by atoms with van der Waals surface area (Å²) < 4.78 is 6.10. The molecule has 0 aromatic carbocycles. The van der Waals surface area contributed by atoms with Gasteiger partial charge in [0.25, 0.3) is 5.91 Å². The van der Waals surface area contributed by atoms with Crippen LogP contribution in [0.2, 0.25) is 0 Å². The lowest BCUT2D eigenvalue weighted by Crippen LogP contribution is -2.46. The van der Waals surface area contributed by atoms with E-state index < -0.39 is 17.9 Å². The van der Waals surface area contributed by atoms with Crippen LogP contribution in [0.15, 0.2) is 15.2 Å². The van der Waals surface area contributed by atoms with E-state index in [1.165, 1.54) is 11.3 Å². The van der Waals surface area contributed by atoms with E-state index in [1.54, 1.807) is 16.3 Å². The van der Waals surface area contributed by atoms with Crippen molar-refractivity contribution in [2.45, 2.75) is 13.0 Å². The molecule has 1 amide bonds. The molecule has 104 valence electrons. The number of ether oxygens (including phenoxy) is 1. The third kappa shape index (κ3) is 2.98. The summed E-state index contributed by atoms with van der Waals surface area (Å²) in [6, 6.07) is 1.36. The Hall–Kier alpha value is -0.920. The number of nitrogens with zero attached hydrogens (tertiary/aromatic N) is 1. The van der Waals surface area contributed by atoms with Crippen LogP contribution in [0.4, 0.5) is 0 Å². The Morgan fingerprint density at radius 3 is 2.84 bits per heavy atom. The summed E-state index contributed by atoms with van der Waals surface area (Å²) in [4.78, 5) is 25.2. The van der Waals surface area contributed by atoms with Crippen LogP contribution in [0, 0.1) is 5.92 Å². The molecule has 0 aliphatic carbocycles. The number of thiophene rings is 1. The summed E-state index contributed by atoms with van der Waals surface area (Å²) in [5.41, 5.74) is 0.578. The minimum Gasteiger partial charge on any atom is -0.481 e. The molecule has 5 nitrogen and oxygen atoms in total. The van der Waals surface area contributed by atoms with Gasteiger partial charge in [0.15, 0.2) is 0 Å². The quantitative estimate of drug-likeness (QED) is 0.905. The SMILES string of the molecule is CCN(C(=O)c1csc(Br)c1)C1COCC1C(=O)O. The van der Waals surface area contributed by atoms with Crippen LogP contribution in [-0.4, -0.2) is 47.7 Å². The van der Waals surface area contributed by atoms with E-state index in [0.29, 0.717) is 12.1 Å². The van der Waals surface area contributed by atoms with Crippen molar-refractivity contribution in [2.75, 3.05) is 19.8 Å². The molecule has 19 heavy (non-hydrogen) atoms. The zero-order valence-corrected chi connectivity index (χ0v) is 12.7. The average Bonchev–Trinajstić information content (AvgIpc) is 2.98. The maximum absolute atomic E-state index is 12.4. The highest BCUT2D eigenvalue weighted by atomic mass is 79.9. The molecular formula is C12H14BrNO4S. The van der Waals surface area contributed by atoms with Gasteiger partial charge >= 0.3 is 5.97 Å². The molecule has 2 rings (SSSR count). The average molecular weight is 348 g/mol. The molecule has 2 unspecified atom stereocenters. The van der Waals surface area contributed by atoms with Crippen molar-refractivity contribution in [3.63, 3.8) is 0 Å². The molecule has 1 N–H and O–H groups in total. The smallest absolute Gasteiger partial charge is 0.311 e. The third-order valence-electron chi connectivity index (χ3n) is 3.18. The maximum atomic E-state index is 12.4. The van der Waals surface area contributed by atoms with Crippen LogP contribution < -0.4 is 0 Å². The van der Waals surface area contributed by atoms with Gasteiger partial charge in [-0.15, -0.1) is 11.3 Å². The second kappa shape index (κ2) is 6.02. The minimum atomic E-state index is -0.916. The number of rotatable bonds is 4. The predicted octanol–water partition coefficient (Wildman–Crippen LogP) is 2.07. The molecule has 7 heteroatoms. The van der Waals surface area contributed by atoms with Crippen LogP contribution in [0.25, 0.3) is 0 Å². The highest BCUT2D eigenvalue weighted by Gasteiger charge is 2.39. The summed E-state index contributed by atoms with van der Waals surface area (Å²) in [6.07, 6.45) is 0. The molecule has 1 saturated heterocycles. The first-order valence-electron chi connectivity index (χ1n) is 5.90. The van der Waals surface area contributed by atoms with Crippen molar-refractivity contribution < 1.29 is 19.4 Å². The highest BCUT2D eigenvalue weighted by molar-refractivity contribution is 9.11. The summed E-state index contributed by atoms with van der Waals surface area (Å²) >= 11 is 4.75. The van der Waals surface area contributed by atoms with Gasteiger partial charge in [-0.05, 0) is 28.9 Å². The second-order valence-corrected chi connectivity index (χ2v) is 6.57. The van der Waals surface area contributed by atoms with Gasteiger partial charge in [-0.3, -0.25) is 9.59 Å². The fourth-order valence-electron chi connectivity index (χ4n) is 2.20. The summed E-state index contributed by atoms with van der Waals surface area (Å²) in [5.74, 6) is -1.71. The van der Waals surface area contributed by atoms with E-state index in [9.17, 15) is 9.59 Å². The molecular weight excluding hydrogens is 334 g/mol. The van der Waals surface area contributed by atoms with Crippen molar-refractivity contribution in [1.82, 2.24) is 4.90 Å². The second-order valence-electron chi connectivity index (χ2n) is 4.28. The number of carbonyl (C=O) groups is 2. The van der Waals surface area contributed by atoms with Crippen LogP contribution >= 0.6 is 27.3 Å². The first-order valence-corrected chi connectivity index (χ1v) is 7.57. The molecule has 0 bridgehead atoms. The van der Waals surface area contributed by atoms with E-state index in [4.69, 9.17) is 9.84 Å². The Balaban J connectivity index is 2.20. The van der Waals surface area contributed by atoms with Crippen molar-refractivity contribution >= 4 is 39.1 Å². The zero-order chi connectivity index (χ0) is 14.0. The number of amides is 1. The van der Waals surface area contributed by atoms with Gasteiger partial charge in [-0.25, -0.2) is 0 Å². The topological polar surface area (TPSA) is 66.8 Å². The Kier molecular flexibility index (Phi) is 4.59. The number of carboxylic acid groups (broad SMARTS) is 1. The molecule has 1 aliphatic rings. The normalized spacial score (nSPS) is 22.4. The summed E-state index contributed by atoms with van der Waals surface area (Å²) in [5, 5.41) is 10.9. The first kappa shape index (κ1) is 14.5. The van der Waals surface area contributed by atoms with E-state index in [1.807, 2.05) is 6.92 Å². The molecule has 2 atom stereocenters. The van der Waals surface area contributed by atoms with Gasteiger partial charge in [0.1, 0.15) is 5.92 Å². The molecule has 0 radical (unpaired) electrons. The maximum Gasteiger partial charge on any atom is 0.311 e. The monoisotopic (exact) mass is 347 g/mol. The first-order chi connectivity index (χ1) is 9.04. The number of hydrogen-bond acceptors (Lipinski definition) is 4. The van der Waals surface area contributed by atoms with Crippen molar-refractivity contribution in [3.05, 3.63) is 20.8 Å². The fourth-order valence-corrected chi connectivity index (χ4v) is 3.33. The van der Waals surface area contributed by atoms with Gasteiger partial charge < -0.3 is 14.7 Å². The number of hydrogen-bond donors (Lipinski definition) is 1. The van der Waals surface area contributed by atoms with Gasteiger partial charge in [-0.1, -0.05) is 0 Å². The summed E-state index contributed by atoms with van der Waals surface area (Å²) in [7, 11) is 0. The van der Waals surface area contributed by atoms with Gasteiger partial charge in [0, 0.05) is 11.9 Å². The molecule has 0 spiro atoms. The Morgan fingerprint density at radius 2 is 2.32 bits per heavy atom. The van der Waals surface area contributed by atoms with Crippen LogP contribution in [0.3, 0.4) is 0 Å². The number of aliphatic carboxylic acids is 1. The molecule has 1 aromatic rings. The highest BCUT2D eigenvalue weighted by Crippen LogP contribution is 2.25. The lowest BCUT2D eigenvalue weighted by molar-refractivity contribution is -0.142. The molecule has 0 saturated carbocycles. The molecule has 1 aromatic heterocycles. The Bertz CT molecular complexity index is 490. The predicted molar refractivity (Wildman–Crippen MR) is 74.5 cm³/mol. The minimum absolute atomic E-state index is 0.147. The standard InChI is InChI=1S/C12H14BrNO4S/c1-2-14(9-5-18-4-8(9)12(16)17)11(15)7-3-10(13)19-6-7/h3,6,8-9H,2,4-5H2,1H3,(H,16,17). The number of halogens is 1. The fraction of sp³-hybridized carbons (Fsp3) is 0.500. The number of likely N-dealkylation sites (N-methyl/N-ethyl adjacent to an activating group) is 1. The summed E-state index contributed by atoms with van der Waals surface area (Å²) in [6.45, 7) is 2.75. The zero-order valence-electron chi connectivity index (χ0n) is 10.3. The van der Waals surface area contributed by atoms with E-state index in [-0.39, 0.29) is 19.1 Å². The number of carbonyl (C=O) groups excluding carboxylic acids is 1. The van der Waals surface area contributed by atoms with Gasteiger partial charge in [0.2, 0.25) is 0 Å². The van der Waals surface area contributed by atoms with Crippen molar-refractivity contribution in [1.29, 1.82) is 0 Å². The van der Waals surface area contributed by atoms with E-state index >= 15 is 0 Å². The van der Waals surface area contributed by atoms with Crippen molar-refractivity contribution in [3.8, 4) is 0 Å². The largest absolute Gasteiger partial charge is 0.481 e.